The number of hydrogen-bond acceptors (Lipinski definition) is 14. The monoisotopic (exact) mass is 1030 g/mol. The molecule has 4 aromatic carbocycles. The van der Waals surface area contributed by atoms with Gasteiger partial charge in [0, 0.05) is 94.1 Å². The molecule has 2 aromatic heterocycles. The van der Waals surface area contributed by atoms with E-state index >= 15 is 0 Å². The maximum Gasteiger partial charge on any atom is 0.348 e. The number of hydrogen-bond donors (Lipinski definition) is 3. The lowest BCUT2D eigenvalue weighted by atomic mass is 9.94. The van der Waals surface area contributed by atoms with Gasteiger partial charge in [0.25, 0.3) is 0 Å². The highest BCUT2D eigenvalue weighted by Gasteiger charge is 2.35. The summed E-state index contributed by atoms with van der Waals surface area (Å²) in [6, 6.07) is 25.1. The van der Waals surface area contributed by atoms with Gasteiger partial charge >= 0.3 is 11.7 Å². The number of nitrogens with one attached hydrogen (secondary N) is 1. The summed E-state index contributed by atoms with van der Waals surface area (Å²) in [5.41, 5.74) is 5.15. The number of likely N-dealkylation sites (tertiary alicyclic amines) is 1. The molecule has 3 fully saturated rings. The number of benzene rings is 4. The Kier molecular flexibility index (Phi) is 15.1. The molecule has 10 rings (SSSR count). The number of phenols is 2. The van der Waals surface area contributed by atoms with E-state index in [1.807, 2.05) is 55.1 Å². The van der Waals surface area contributed by atoms with Crippen molar-refractivity contribution in [2.45, 2.75) is 64.6 Å². The number of anilines is 2. The van der Waals surface area contributed by atoms with Crippen LogP contribution in [0, 0.1) is 17.2 Å². The zero-order valence-electron chi connectivity index (χ0n) is 42.5. The smallest absolute Gasteiger partial charge is 0.348 e. The fraction of sp³-hybridized carbons (Fsp3) is 0.411. The molecule has 0 spiro atoms. The molecule has 18 nitrogen and oxygen atoms in total. The second-order valence-corrected chi connectivity index (χ2v) is 20.6. The van der Waals surface area contributed by atoms with Crippen molar-refractivity contribution in [2.24, 2.45) is 5.92 Å². The first-order chi connectivity index (χ1) is 36.4. The molecule has 3 N–H and O–H groups in total. The number of carbonyl (C=O) groups is 2. The molecule has 6 heterocycles. The first-order valence-electron chi connectivity index (χ1n) is 25.9. The predicted molar refractivity (Wildman–Crippen MR) is 287 cm³/mol. The van der Waals surface area contributed by atoms with E-state index in [0.29, 0.717) is 87.2 Å². The Bertz CT molecular complexity index is 3190. The van der Waals surface area contributed by atoms with Crippen LogP contribution in [0.3, 0.4) is 0 Å². The van der Waals surface area contributed by atoms with Crippen molar-refractivity contribution < 1.29 is 24.5 Å². The summed E-state index contributed by atoms with van der Waals surface area (Å²) in [4.78, 5) is 62.6. The molecule has 1 atom stereocenters. The zero-order valence-corrected chi connectivity index (χ0v) is 43.3. The highest BCUT2D eigenvalue weighted by atomic mass is 35.5. The molecule has 0 radical (unpaired) electrons. The molecule has 4 aliphatic heterocycles. The SMILES string of the molecule is C=CC(=O)N1CCN(c2nc(OCCN3CCN(C(=O)C4CCN(Cc5ccc(-n6c(-c7cc(C(C)C)c(O)cc7O)n[nH]c6=O)cc5)CC4)CC3)nc3c2CCN(c2cccc4cccc(Cl)c24)C3)C[C@@H]1CC#N. The third-order valence-electron chi connectivity index (χ3n) is 15.3. The molecule has 6 aromatic rings. The first-order valence-corrected chi connectivity index (χ1v) is 26.3. The summed E-state index contributed by atoms with van der Waals surface area (Å²) in [6.45, 7) is 16.3. The van der Waals surface area contributed by atoms with E-state index in [1.54, 1.807) is 11.0 Å². The van der Waals surface area contributed by atoms with E-state index in [1.165, 1.54) is 16.7 Å². The Morgan fingerprint density at radius 1 is 0.920 bits per heavy atom. The van der Waals surface area contributed by atoms with Gasteiger partial charge in [0.1, 0.15) is 23.9 Å². The second-order valence-electron chi connectivity index (χ2n) is 20.2. The van der Waals surface area contributed by atoms with Gasteiger partial charge in [-0.25, -0.2) is 14.5 Å². The van der Waals surface area contributed by atoms with Gasteiger partial charge in [-0.15, -0.1) is 0 Å². The van der Waals surface area contributed by atoms with Crippen LogP contribution in [0.4, 0.5) is 11.5 Å². The van der Waals surface area contributed by atoms with E-state index in [9.17, 15) is 29.9 Å². The summed E-state index contributed by atoms with van der Waals surface area (Å²) in [5, 5.41) is 40.3. The van der Waals surface area contributed by atoms with E-state index < -0.39 is 5.69 Å². The standard InChI is InChI=1S/C56H63ClN12O6/c1-4-50(72)68-28-27-67(34-41(68)15-19-58)52-42-18-22-66(47-10-6-8-38-7-5-9-45(57)51(38)47)35-46(42)59-55(60-52)75-30-29-63-23-25-65(26-24-63)54(73)39-16-20-64(21-17-39)33-37-11-13-40(14-12-37)69-53(61-62-56(69)74)44-31-43(36(2)3)48(70)32-49(44)71/h4-14,31-32,36,39,41,70-71H,1,15-18,20-30,33-35H2,2-3H3,(H,62,74)/t41-/m0/s1. The average Bonchev–Trinajstić information content (AvgIpc) is 3.81. The van der Waals surface area contributed by atoms with Gasteiger partial charge in [0.15, 0.2) is 5.82 Å². The molecule has 4 aliphatic rings. The molecule has 390 valence electrons. The predicted octanol–water partition coefficient (Wildman–Crippen LogP) is 6.47. The van der Waals surface area contributed by atoms with Gasteiger partial charge in [0.2, 0.25) is 11.8 Å². The summed E-state index contributed by atoms with van der Waals surface area (Å²) in [6.07, 6.45) is 3.76. The van der Waals surface area contributed by atoms with E-state index in [0.717, 1.165) is 84.7 Å². The highest BCUT2D eigenvalue weighted by molar-refractivity contribution is 6.36. The Morgan fingerprint density at radius 3 is 2.41 bits per heavy atom. The van der Waals surface area contributed by atoms with Crippen molar-refractivity contribution in [2.75, 3.05) is 88.4 Å². The number of carbonyl (C=O) groups excluding carboxylic acids is 2. The fourth-order valence-electron chi connectivity index (χ4n) is 11.2. The van der Waals surface area contributed by atoms with Crippen LogP contribution in [0.1, 0.15) is 61.4 Å². The first kappa shape index (κ1) is 51.0. The van der Waals surface area contributed by atoms with Crippen molar-refractivity contribution in [1.29, 1.82) is 5.26 Å². The van der Waals surface area contributed by atoms with Gasteiger partial charge in [-0.2, -0.15) is 20.3 Å². The van der Waals surface area contributed by atoms with Crippen LogP contribution in [-0.4, -0.2) is 151 Å². The number of H-pyrrole nitrogens is 1. The summed E-state index contributed by atoms with van der Waals surface area (Å²) in [7, 11) is 0. The highest BCUT2D eigenvalue weighted by Crippen LogP contribution is 2.39. The quantitative estimate of drug-likeness (QED) is 0.100. The number of amides is 2. The molecule has 0 saturated carbocycles. The minimum atomic E-state index is -0.443. The van der Waals surface area contributed by atoms with Crippen LogP contribution in [-0.2, 0) is 29.1 Å². The number of piperidine rings is 1. The molecule has 3 saturated heterocycles. The molecule has 19 heteroatoms. The minimum absolute atomic E-state index is 0.0110. The van der Waals surface area contributed by atoms with Gasteiger partial charge < -0.3 is 34.5 Å². The normalized spacial score (nSPS) is 17.8. The number of rotatable bonds is 14. The maximum absolute atomic E-state index is 13.8. The van der Waals surface area contributed by atoms with Crippen LogP contribution < -0.4 is 20.2 Å². The maximum atomic E-state index is 13.8. The van der Waals surface area contributed by atoms with Gasteiger partial charge in [-0.05, 0) is 91.2 Å². The average molecular weight is 1040 g/mol. The van der Waals surface area contributed by atoms with Crippen LogP contribution in [0.25, 0.3) is 27.8 Å². The number of aromatic nitrogens is 5. The van der Waals surface area contributed by atoms with Crippen LogP contribution >= 0.6 is 11.6 Å². The number of phenolic OH excluding ortho intramolecular Hbond substituents is 2. The lowest BCUT2D eigenvalue weighted by Crippen LogP contribution is -2.55. The number of halogens is 1. The number of aromatic amines is 1. The molecule has 2 amide bonds. The summed E-state index contributed by atoms with van der Waals surface area (Å²) in [5.74, 6) is 0.837. The van der Waals surface area contributed by atoms with Gasteiger partial charge in [-0.1, -0.05) is 68.4 Å². The number of nitrogens with zero attached hydrogens (tertiary/aromatic N) is 11. The minimum Gasteiger partial charge on any atom is -0.508 e. The van der Waals surface area contributed by atoms with Crippen LogP contribution in [0.2, 0.25) is 5.02 Å². The zero-order chi connectivity index (χ0) is 52.3. The fourth-order valence-corrected chi connectivity index (χ4v) is 11.5. The Morgan fingerprint density at radius 2 is 1.68 bits per heavy atom. The van der Waals surface area contributed by atoms with E-state index in [4.69, 9.17) is 26.3 Å². The molecule has 75 heavy (non-hydrogen) atoms. The lowest BCUT2D eigenvalue weighted by Gasteiger charge is -2.42. The van der Waals surface area contributed by atoms with Crippen molar-refractivity contribution >= 4 is 45.7 Å². The topological polar surface area (TPSA) is 204 Å². The third-order valence-corrected chi connectivity index (χ3v) is 15.6. The molecular weight excluding hydrogens is 972 g/mol. The Hall–Kier alpha value is -7.46. The molecule has 0 aliphatic carbocycles. The Labute approximate surface area is 441 Å². The van der Waals surface area contributed by atoms with Crippen molar-refractivity contribution in [3.63, 3.8) is 0 Å². The van der Waals surface area contributed by atoms with Crippen LogP contribution in [0.5, 0.6) is 17.5 Å². The van der Waals surface area contributed by atoms with Gasteiger partial charge in [0.05, 0.1) is 47.0 Å². The lowest BCUT2D eigenvalue weighted by molar-refractivity contribution is -0.139. The third kappa shape index (κ3) is 10.8. The van der Waals surface area contributed by atoms with E-state index in [2.05, 4.69) is 66.7 Å². The van der Waals surface area contributed by atoms with Crippen molar-refractivity contribution in [3.8, 4) is 40.7 Å². The molecule has 0 bridgehead atoms. The molecule has 0 unspecified atom stereocenters. The van der Waals surface area contributed by atoms with Crippen molar-refractivity contribution in [3.05, 3.63) is 123 Å². The number of nitriles is 1. The Balaban J connectivity index is 0.733. The number of ether oxygens (including phenoxy) is 1. The number of fused-ring (bicyclic) bond motifs is 2. The van der Waals surface area contributed by atoms with Crippen LogP contribution in [0.15, 0.2) is 90.2 Å². The second kappa shape index (κ2) is 22.2. The van der Waals surface area contributed by atoms with E-state index in [-0.39, 0.29) is 59.4 Å². The van der Waals surface area contributed by atoms with Gasteiger partial charge in [-0.3, -0.25) is 19.4 Å². The molecular formula is C56H63ClN12O6. The number of piperazine rings is 2. The largest absolute Gasteiger partial charge is 0.508 e. The van der Waals surface area contributed by atoms with Crippen molar-refractivity contribution in [1.82, 2.24) is 44.3 Å². The number of aromatic hydroxyl groups is 2. The summed E-state index contributed by atoms with van der Waals surface area (Å²) >= 11 is 6.79. The summed E-state index contributed by atoms with van der Waals surface area (Å²) < 4.78 is 7.81.